The van der Waals surface area contributed by atoms with Gasteiger partial charge in [-0.3, -0.25) is 0 Å². The lowest BCUT2D eigenvalue weighted by Crippen LogP contribution is -2.08. The number of nitrogens with zero attached hydrogens (tertiary/aromatic N) is 1. The summed E-state index contributed by atoms with van der Waals surface area (Å²) in [4.78, 5) is 0.263. The van der Waals surface area contributed by atoms with Crippen molar-refractivity contribution in [3.8, 4) is 0 Å². The molecule has 0 radical (unpaired) electrons. The van der Waals surface area contributed by atoms with Crippen molar-refractivity contribution in [1.82, 2.24) is 5.16 Å². The summed E-state index contributed by atoms with van der Waals surface area (Å²) in [6.07, 6.45) is 1.43. The van der Waals surface area contributed by atoms with Crippen LogP contribution in [-0.2, 0) is 0 Å². The Morgan fingerprint density at radius 3 is 2.88 bits per heavy atom. The SMILES string of the molecule is NC(=S)c1ccon1. The topological polar surface area (TPSA) is 52.0 Å². The summed E-state index contributed by atoms with van der Waals surface area (Å²) in [6.45, 7) is 0. The van der Waals surface area contributed by atoms with Gasteiger partial charge in [-0.05, 0) is 0 Å². The van der Waals surface area contributed by atoms with Crippen LogP contribution in [0.5, 0.6) is 0 Å². The van der Waals surface area contributed by atoms with Gasteiger partial charge in [0, 0.05) is 6.07 Å². The summed E-state index contributed by atoms with van der Waals surface area (Å²) >= 11 is 4.57. The van der Waals surface area contributed by atoms with Crippen LogP contribution < -0.4 is 5.73 Å². The molecule has 0 aromatic carbocycles. The van der Waals surface area contributed by atoms with Crippen LogP contribution in [0.1, 0.15) is 5.69 Å². The van der Waals surface area contributed by atoms with E-state index in [0.717, 1.165) is 0 Å². The average Bonchev–Trinajstić information content (AvgIpc) is 2.12. The highest BCUT2D eigenvalue weighted by Crippen LogP contribution is 1.91. The Hall–Kier alpha value is -0.900. The van der Waals surface area contributed by atoms with Gasteiger partial charge in [-0.25, -0.2) is 0 Å². The van der Waals surface area contributed by atoms with Crippen LogP contribution in [-0.4, -0.2) is 10.1 Å². The third-order valence-electron chi connectivity index (χ3n) is 0.690. The van der Waals surface area contributed by atoms with E-state index in [1.54, 1.807) is 6.07 Å². The Morgan fingerprint density at radius 1 is 1.88 bits per heavy atom. The Morgan fingerprint density at radius 2 is 2.62 bits per heavy atom. The molecule has 0 amide bonds. The normalized spacial score (nSPS) is 9.00. The van der Waals surface area contributed by atoms with Gasteiger partial charge in [0.25, 0.3) is 0 Å². The van der Waals surface area contributed by atoms with Crippen molar-refractivity contribution in [3.63, 3.8) is 0 Å². The maximum Gasteiger partial charge on any atom is 0.140 e. The van der Waals surface area contributed by atoms with E-state index in [1.807, 2.05) is 0 Å². The number of nitrogens with two attached hydrogens (primary N) is 1. The fourth-order valence-corrected chi connectivity index (χ4v) is 0.445. The standard InChI is InChI=1S/C4H4N2OS/c5-4(8)3-1-2-7-6-3/h1-2H,(H2,5,8). The smallest absolute Gasteiger partial charge is 0.140 e. The molecule has 0 unspecified atom stereocenters. The quantitative estimate of drug-likeness (QED) is 0.553. The Bertz CT molecular complexity index is 182. The summed E-state index contributed by atoms with van der Waals surface area (Å²) in [5.74, 6) is 0. The molecule has 0 aliphatic rings. The second-order valence-electron chi connectivity index (χ2n) is 1.25. The number of aromatic nitrogens is 1. The summed E-state index contributed by atoms with van der Waals surface area (Å²) in [5.41, 5.74) is 5.69. The van der Waals surface area contributed by atoms with Crippen molar-refractivity contribution in [3.05, 3.63) is 18.0 Å². The molecule has 0 spiro atoms. The zero-order chi connectivity index (χ0) is 5.98. The first-order valence-corrected chi connectivity index (χ1v) is 2.41. The van der Waals surface area contributed by atoms with Gasteiger partial charge >= 0.3 is 0 Å². The molecule has 4 heteroatoms. The molecular formula is C4H4N2OS. The van der Waals surface area contributed by atoms with Crippen LogP contribution in [0.4, 0.5) is 0 Å². The molecule has 0 saturated heterocycles. The molecule has 1 aromatic heterocycles. The van der Waals surface area contributed by atoms with E-state index >= 15 is 0 Å². The second kappa shape index (κ2) is 1.92. The molecule has 0 atom stereocenters. The van der Waals surface area contributed by atoms with E-state index in [9.17, 15) is 0 Å². The first-order chi connectivity index (χ1) is 3.80. The van der Waals surface area contributed by atoms with E-state index in [2.05, 4.69) is 21.9 Å². The maximum absolute atomic E-state index is 5.17. The number of hydrogen-bond acceptors (Lipinski definition) is 3. The molecule has 1 aromatic rings. The summed E-state index contributed by atoms with van der Waals surface area (Å²) < 4.78 is 4.46. The molecule has 0 saturated carbocycles. The molecule has 8 heavy (non-hydrogen) atoms. The highest BCUT2D eigenvalue weighted by atomic mass is 32.1. The van der Waals surface area contributed by atoms with Crippen molar-refractivity contribution in [2.45, 2.75) is 0 Å². The van der Waals surface area contributed by atoms with Crippen LogP contribution in [0.3, 0.4) is 0 Å². The zero-order valence-corrected chi connectivity index (χ0v) is 4.81. The van der Waals surface area contributed by atoms with E-state index in [-0.39, 0.29) is 4.99 Å². The van der Waals surface area contributed by atoms with Gasteiger partial charge in [0.1, 0.15) is 16.9 Å². The molecule has 0 aliphatic carbocycles. The lowest BCUT2D eigenvalue weighted by atomic mass is 10.4. The maximum atomic E-state index is 5.17. The zero-order valence-electron chi connectivity index (χ0n) is 4.00. The molecule has 0 fully saturated rings. The van der Waals surface area contributed by atoms with Gasteiger partial charge in [0.2, 0.25) is 0 Å². The first kappa shape index (κ1) is 5.24. The highest BCUT2D eigenvalue weighted by molar-refractivity contribution is 7.80. The van der Waals surface area contributed by atoms with Crippen LogP contribution in [0.2, 0.25) is 0 Å². The van der Waals surface area contributed by atoms with Crippen molar-refractivity contribution in [2.75, 3.05) is 0 Å². The second-order valence-corrected chi connectivity index (χ2v) is 1.69. The van der Waals surface area contributed by atoms with Crippen LogP contribution >= 0.6 is 12.2 Å². The minimum absolute atomic E-state index is 0.263. The predicted octanol–water partition coefficient (Wildman–Crippen LogP) is 0.309. The largest absolute Gasteiger partial charge is 0.388 e. The Balaban J connectivity index is 2.93. The molecule has 2 N–H and O–H groups in total. The predicted molar refractivity (Wildman–Crippen MR) is 32.4 cm³/mol. The lowest BCUT2D eigenvalue weighted by molar-refractivity contribution is 0.418. The average molecular weight is 128 g/mol. The van der Waals surface area contributed by atoms with Gasteiger partial charge in [-0.1, -0.05) is 17.4 Å². The van der Waals surface area contributed by atoms with E-state index in [0.29, 0.717) is 5.69 Å². The van der Waals surface area contributed by atoms with Crippen molar-refractivity contribution in [1.29, 1.82) is 0 Å². The van der Waals surface area contributed by atoms with Gasteiger partial charge in [-0.2, -0.15) is 0 Å². The number of hydrogen-bond donors (Lipinski definition) is 1. The Kier molecular flexibility index (Phi) is 1.26. The van der Waals surface area contributed by atoms with E-state index in [1.165, 1.54) is 6.26 Å². The molecule has 3 nitrogen and oxygen atoms in total. The Labute approximate surface area is 51.5 Å². The van der Waals surface area contributed by atoms with Crippen LogP contribution in [0.25, 0.3) is 0 Å². The molecule has 1 heterocycles. The van der Waals surface area contributed by atoms with Crippen LogP contribution in [0, 0.1) is 0 Å². The number of rotatable bonds is 1. The summed E-state index contributed by atoms with van der Waals surface area (Å²) in [5, 5.41) is 3.47. The third-order valence-corrected chi connectivity index (χ3v) is 0.899. The molecule has 1 rings (SSSR count). The van der Waals surface area contributed by atoms with Crippen molar-refractivity contribution in [2.24, 2.45) is 5.73 Å². The molecule has 42 valence electrons. The highest BCUT2D eigenvalue weighted by Gasteiger charge is 1.95. The fraction of sp³-hybridized carbons (Fsp3) is 0. The van der Waals surface area contributed by atoms with E-state index in [4.69, 9.17) is 5.73 Å². The van der Waals surface area contributed by atoms with Gasteiger partial charge in [0.05, 0.1) is 0 Å². The van der Waals surface area contributed by atoms with Gasteiger partial charge in [-0.15, -0.1) is 0 Å². The van der Waals surface area contributed by atoms with Crippen LogP contribution in [0.15, 0.2) is 16.9 Å². The minimum Gasteiger partial charge on any atom is -0.388 e. The minimum atomic E-state index is 0.263. The third kappa shape index (κ3) is 0.840. The monoisotopic (exact) mass is 128 g/mol. The van der Waals surface area contributed by atoms with Crippen molar-refractivity contribution < 1.29 is 4.52 Å². The first-order valence-electron chi connectivity index (χ1n) is 2.01. The number of thiocarbonyl (C=S) groups is 1. The lowest BCUT2D eigenvalue weighted by Gasteiger charge is -1.81. The van der Waals surface area contributed by atoms with Gasteiger partial charge < -0.3 is 10.3 Å². The molecule has 0 bridgehead atoms. The van der Waals surface area contributed by atoms with Crippen molar-refractivity contribution >= 4 is 17.2 Å². The molecular weight excluding hydrogens is 124 g/mol. The van der Waals surface area contributed by atoms with E-state index < -0.39 is 0 Å². The fourth-order valence-electron chi connectivity index (χ4n) is 0.340. The van der Waals surface area contributed by atoms with Gasteiger partial charge in [0.15, 0.2) is 0 Å². The molecule has 0 aliphatic heterocycles. The summed E-state index contributed by atoms with van der Waals surface area (Å²) in [7, 11) is 0. The summed E-state index contributed by atoms with van der Waals surface area (Å²) in [6, 6.07) is 1.61.